The number of hydrogen-bond donors (Lipinski definition) is 3. The highest BCUT2D eigenvalue weighted by atomic mass is 16.5. The minimum Gasteiger partial charge on any atom is -0.394 e. The molecule has 1 aliphatic carbocycles. The largest absolute Gasteiger partial charge is 0.394 e. The van der Waals surface area contributed by atoms with Crippen LogP contribution in [0.2, 0.25) is 0 Å². The highest BCUT2D eigenvalue weighted by molar-refractivity contribution is 5.79. The van der Waals surface area contributed by atoms with E-state index in [9.17, 15) is 14.7 Å². The number of carbonyl (C=O) groups excluding carboxylic acids is 2. The van der Waals surface area contributed by atoms with Gasteiger partial charge in [0, 0.05) is 5.92 Å². The molecule has 3 rings (SSSR count). The highest BCUT2D eigenvalue weighted by Crippen LogP contribution is 2.28. The van der Waals surface area contributed by atoms with E-state index in [1.165, 1.54) is 0 Å². The van der Waals surface area contributed by atoms with Gasteiger partial charge in [0.1, 0.15) is 6.10 Å². The first-order valence-electron chi connectivity index (χ1n) is 9.97. The number of aliphatic hydroxyl groups is 1. The molecule has 0 radical (unpaired) electrons. The van der Waals surface area contributed by atoms with Crippen LogP contribution < -0.4 is 10.6 Å². The molecule has 2 aliphatic rings. The highest BCUT2D eigenvalue weighted by Gasteiger charge is 2.35. The van der Waals surface area contributed by atoms with Crippen LogP contribution in [0.15, 0.2) is 30.3 Å². The summed E-state index contributed by atoms with van der Waals surface area (Å²) < 4.78 is 5.91. The molecule has 4 atom stereocenters. The fraction of sp³-hybridized carbons (Fsp3) is 0.619. The van der Waals surface area contributed by atoms with Gasteiger partial charge in [-0.25, -0.2) is 0 Å². The number of benzene rings is 1. The van der Waals surface area contributed by atoms with Gasteiger partial charge in [0.15, 0.2) is 0 Å². The van der Waals surface area contributed by atoms with Gasteiger partial charge in [0.2, 0.25) is 11.8 Å². The SMILES string of the molecule is C[C@H](NC(=O)C[C@@H]1CC[C@@H](NC(=O)C2CCC2)[C@H](CO)O1)c1ccccc1. The van der Waals surface area contributed by atoms with E-state index in [2.05, 4.69) is 10.6 Å². The van der Waals surface area contributed by atoms with Crippen LogP contribution in [-0.2, 0) is 14.3 Å². The Labute approximate surface area is 160 Å². The molecule has 3 N–H and O–H groups in total. The third-order valence-electron chi connectivity index (χ3n) is 5.69. The lowest BCUT2D eigenvalue weighted by Crippen LogP contribution is -2.53. The van der Waals surface area contributed by atoms with Crippen molar-refractivity contribution in [2.24, 2.45) is 5.92 Å². The number of aliphatic hydroxyl groups excluding tert-OH is 1. The van der Waals surface area contributed by atoms with Crippen LogP contribution in [0.3, 0.4) is 0 Å². The summed E-state index contributed by atoms with van der Waals surface area (Å²) in [5.74, 6) is 0.124. The molecule has 0 bridgehead atoms. The first kappa shape index (κ1) is 19.8. The van der Waals surface area contributed by atoms with Crippen LogP contribution in [0, 0.1) is 5.92 Å². The Morgan fingerprint density at radius 2 is 1.93 bits per heavy atom. The Kier molecular flexibility index (Phi) is 6.85. The summed E-state index contributed by atoms with van der Waals surface area (Å²) >= 11 is 0. The van der Waals surface area contributed by atoms with Crippen molar-refractivity contribution in [2.75, 3.05) is 6.61 Å². The predicted molar refractivity (Wildman–Crippen MR) is 102 cm³/mol. The van der Waals surface area contributed by atoms with Crippen molar-refractivity contribution in [3.05, 3.63) is 35.9 Å². The van der Waals surface area contributed by atoms with E-state index in [1.807, 2.05) is 37.3 Å². The first-order valence-corrected chi connectivity index (χ1v) is 9.97. The van der Waals surface area contributed by atoms with E-state index in [-0.39, 0.29) is 48.9 Å². The minimum absolute atomic E-state index is 0.0644. The Morgan fingerprint density at radius 3 is 2.56 bits per heavy atom. The summed E-state index contributed by atoms with van der Waals surface area (Å²) in [4.78, 5) is 24.5. The third kappa shape index (κ3) is 5.30. The molecule has 1 aliphatic heterocycles. The number of amides is 2. The molecule has 148 valence electrons. The molecule has 0 spiro atoms. The molecule has 1 aromatic carbocycles. The number of carbonyl (C=O) groups is 2. The fourth-order valence-electron chi connectivity index (χ4n) is 3.75. The summed E-state index contributed by atoms with van der Waals surface area (Å²) in [5.41, 5.74) is 1.06. The van der Waals surface area contributed by atoms with E-state index in [0.717, 1.165) is 31.2 Å². The van der Waals surface area contributed by atoms with Crippen molar-refractivity contribution >= 4 is 11.8 Å². The third-order valence-corrected chi connectivity index (χ3v) is 5.69. The quantitative estimate of drug-likeness (QED) is 0.682. The first-order chi connectivity index (χ1) is 13.1. The molecule has 2 amide bonds. The Morgan fingerprint density at radius 1 is 1.19 bits per heavy atom. The summed E-state index contributed by atoms with van der Waals surface area (Å²) in [5, 5.41) is 15.7. The number of hydrogen-bond acceptors (Lipinski definition) is 4. The van der Waals surface area contributed by atoms with E-state index >= 15 is 0 Å². The zero-order chi connectivity index (χ0) is 19.2. The molecule has 6 nitrogen and oxygen atoms in total. The van der Waals surface area contributed by atoms with Crippen LogP contribution in [0.1, 0.15) is 57.1 Å². The normalized spacial score (nSPS) is 26.7. The van der Waals surface area contributed by atoms with Crippen LogP contribution in [-0.4, -0.2) is 41.8 Å². The van der Waals surface area contributed by atoms with E-state index in [0.29, 0.717) is 6.42 Å². The molecule has 2 fully saturated rings. The Hall–Kier alpha value is -1.92. The average molecular weight is 374 g/mol. The second kappa shape index (κ2) is 9.33. The Balaban J connectivity index is 1.46. The van der Waals surface area contributed by atoms with Gasteiger partial charge in [-0.2, -0.15) is 0 Å². The summed E-state index contributed by atoms with van der Waals surface area (Å²) in [6.07, 6.45) is 4.00. The molecule has 0 unspecified atom stereocenters. The molecule has 1 saturated carbocycles. The van der Waals surface area contributed by atoms with Gasteiger partial charge in [-0.3, -0.25) is 9.59 Å². The van der Waals surface area contributed by atoms with Crippen molar-refractivity contribution < 1.29 is 19.4 Å². The second-order valence-corrected chi connectivity index (χ2v) is 7.70. The van der Waals surface area contributed by atoms with Gasteiger partial charge in [-0.05, 0) is 38.2 Å². The van der Waals surface area contributed by atoms with Gasteiger partial charge in [-0.1, -0.05) is 36.8 Å². The van der Waals surface area contributed by atoms with Crippen LogP contribution in [0.5, 0.6) is 0 Å². The Bertz CT molecular complexity index is 632. The predicted octanol–water partition coefficient (Wildman–Crippen LogP) is 2.08. The number of rotatable bonds is 7. The van der Waals surface area contributed by atoms with Gasteiger partial charge in [0.05, 0.1) is 31.2 Å². The molecular formula is C21H30N2O4. The average Bonchev–Trinajstić information content (AvgIpc) is 2.62. The van der Waals surface area contributed by atoms with Crippen molar-refractivity contribution in [2.45, 2.75) is 69.7 Å². The molecule has 1 heterocycles. The lowest BCUT2D eigenvalue weighted by atomic mass is 9.84. The van der Waals surface area contributed by atoms with E-state index in [1.54, 1.807) is 0 Å². The summed E-state index contributed by atoms with van der Waals surface area (Å²) in [6.45, 7) is 1.80. The van der Waals surface area contributed by atoms with Crippen LogP contribution >= 0.6 is 0 Å². The molecule has 27 heavy (non-hydrogen) atoms. The maximum absolute atomic E-state index is 12.4. The van der Waals surface area contributed by atoms with Crippen molar-refractivity contribution in [3.8, 4) is 0 Å². The second-order valence-electron chi connectivity index (χ2n) is 7.70. The van der Waals surface area contributed by atoms with Crippen LogP contribution in [0.25, 0.3) is 0 Å². The van der Waals surface area contributed by atoms with Gasteiger partial charge < -0.3 is 20.5 Å². The molecule has 1 aromatic rings. The lowest BCUT2D eigenvalue weighted by Gasteiger charge is -2.37. The zero-order valence-corrected chi connectivity index (χ0v) is 15.9. The van der Waals surface area contributed by atoms with Crippen molar-refractivity contribution in [1.29, 1.82) is 0 Å². The summed E-state index contributed by atoms with van der Waals surface area (Å²) in [7, 11) is 0. The van der Waals surface area contributed by atoms with Crippen molar-refractivity contribution in [3.63, 3.8) is 0 Å². The van der Waals surface area contributed by atoms with E-state index < -0.39 is 6.10 Å². The van der Waals surface area contributed by atoms with Crippen molar-refractivity contribution in [1.82, 2.24) is 10.6 Å². The molecule has 6 heteroatoms. The maximum Gasteiger partial charge on any atom is 0.223 e. The zero-order valence-electron chi connectivity index (χ0n) is 15.9. The van der Waals surface area contributed by atoms with Gasteiger partial charge in [0.25, 0.3) is 0 Å². The fourth-order valence-corrected chi connectivity index (χ4v) is 3.75. The standard InChI is InChI=1S/C21H30N2O4/c1-14(15-6-3-2-4-7-15)22-20(25)12-17-10-11-18(19(13-24)27-17)23-21(26)16-8-5-9-16/h2-4,6-7,14,16-19,24H,5,8-13H2,1H3,(H,22,25)(H,23,26)/t14-,17-,18+,19-/m0/s1. The number of nitrogens with one attached hydrogen (secondary N) is 2. The van der Waals surface area contributed by atoms with E-state index in [4.69, 9.17) is 4.74 Å². The monoisotopic (exact) mass is 374 g/mol. The maximum atomic E-state index is 12.4. The van der Waals surface area contributed by atoms with Gasteiger partial charge in [-0.15, -0.1) is 0 Å². The molecule has 1 saturated heterocycles. The van der Waals surface area contributed by atoms with Gasteiger partial charge >= 0.3 is 0 Å². The molecule has 0 aromatic heterocycles. The smallest absolute Gasteiger partial charge is 0.223 e. The number of ether oxygens (including phenoxy) is 1. The lowest BCUT2D eigenvalue weighted by molar-refractivity contribution is -0.139. The van der Waals surface area contributed by atoms with Crippen LogP contribution in [0.4, 0.5) is 0 Å². The summed E-state index contributed by atoms with van der Waals surface area (Å²) in [6, 6.07) is 9.58. The molecular weight excluding hydrogens is 344 g/mol. The minimum atomic E-state index is -0.452. The topological polar surface area (TPSA) is 87.7 Å².